The minimum atomic E-state index is -0.323. The number of thioether (sulfide) groups is 1. The van der Waals surface area contributed by atoms with E-state index in [1.165, 1.54) is 10.9 Å². The second-order valence-electron chi connectivity index (χ2n) is 5.35. The van der Waals surface area contributed by atoms with Crippen molar-refractivity contribution in [2.24, 2.45) is 0 Å². The van der Waals surface area contributed by atoms with E-state index in [4.69, 9.17) is 5.11 Å². The van der Waals surface area contributed by atoms with Gasteiger partial charge in [-0.3, -0.25) is 9.59 Å². The van der Waals surface area contributed by atoms with Crippen LogP contribution in [0.1, 0.15) is 5.56 Å². The van der Waals surface area contributed by atoms with E-state index in [-0.39, 0.29) is 30.4 Å². The molecule has 0 unspecified atom stereocenters. The third-order valence-corrected chi connectivity index (χ3v) is 4.43. The Morgan fingerprint density at radius 2 is 2.20 bits per heavy atom. The van der Waals surface area contributed by atoms with Crippen molar-refractivity contribution in [1.82, 2.24) is 19.7 Å². The molecule has 0 radical (unpaired) electrons. The number of carbonyl (C=O) groups excluding carboxylic acids is 1. The Hall–Kier alpha value is -2.65. The van der Waals surface area contributed by atoms with Crippen LogP contribution < -0.4 is 10.9 Å². The first-order valence-corrected chi connectivity index (χ1v) is 8.62. The number of nitrogens with one attached hydrogen (secondary N) is 2. The highest BCUT2D eigenvalue weighted by molar-refractivity contribution is 7.99. The fraction of sp³-hybridized carbons (Fsp3) is 0.250. The van der Waals surface area contributed by atoms with Crippen LogP contribution >= 0.6 is 11.8 Å². The van der Waals surface area contributed by atoms with Gasteiger partial charge in [0, 0.05) is 5.69 Å². The summed E-state index contributed by atoms with van der Waals surface area (Å²) in [5.41, 5.74) is 1.79. The molecule has 9 heteroatoms. The van der Waals surface area contributed by atoms with Crippen molar-refractivity contribution >= 4 is 34.4 Å². The summed E-state index contributed by atoms with van der Waals surface area (Å²) in [6, 6.07) is 7.50. The average molecular weight is 359 g/mol. The zero-order chi connectivity index (χ0) is 17.8. The normalized spacial score (nSPS) is 11.0. The van der Waals surface area contributed by atoms with Crippen molar-refractivity contribution in [2.75, 3.05) is 17.7 Å². The van der Waals surface area contributed by atoms with Gasteiger partial charge in [-0.1, -0.05) is 30.0 Å². The van der Waals surface area contributed by atoms with E-state index in [0.717, 1.165) is 23.0 Å². The molecule has 0 bridgehead atoms. The second-order valence-corrected chi connectivity index (χ2v) is 6.32. The number of aryl methyl sites for hydroxylation is 1. The number of aliphatic hydroxyl groups excluding tert-OH is 1. The van der Waals surface area contributed by atoms with E-state index in [9.17, 15) is 9.59 Å². The van der Waals surface area contributed by atoms with Gasteiger partial charge < -0.3 is 15.4 Å². The van der Waals surface area contributed by atoms with Crippen molar-refractivity contribution < 1.29 is 9.90 Å². The van der Waals surface area contributed by atoms with Crippen molar-refractivity contribution in [3.63, 3.8) is 0 Å². The number of fused-ring (bicyclic) bond motifs is 1. The van der Waals surface area contributed by atoms with E-state index in [0.29, 0.717) is 16.2 Å². The first-order valence-electron chi connectivity index (χ1n) is 7.63. The number of carbonyl (C=O) groups is 1. The monoisotopic (exact) mass is 359 g/mol. The van der Waals surface area contributed by atoms with Crippen LogP contribution in [0.25, 0.3) is 11.0 Å². The molecular weight excluding hydrogens is 342 g/mol. The van der Waals surface area contributed by atoms with Crippen LogP contribution in [0, 0.1) is 6.92 Å². The van der Waals surface area contributed by atoms with Crippen LogP contribution in [0.2, 0.25) is 0 Å². The lowest BCUT2D eigenvalue weighted by molar-refractivity contribution is -0.113. The van der Waals surface area contributed by atoms with Crippen molar-refractivity contribution in [3.05, 3.63) is 46.4 Å². The van der Waals surface area contributed by atoms with Gasteiger partial charge in [0.15, 0.2) is 10.8 Å². The summed E-state index contributed by atoms with van der Waals surface area (Å²) in [6.45, 7) is 2.06. The molecule has 0 saturated heterocycles. The average Bonchev–Trinajstić information content (AvgIpc) is 2.99. The van der Waals surface area contributed by atoms with Crippen molar-refractivity contribution in [1.29, 1.82) is 0 Å². The number of benzene rings is 1. The van der Waals surface area contributed by atoms with E-state index >= 15 is 0 Å². The molecule has 3 rings (SSSR count). The maximum Gasteiger partial charge on any atom is 0.262 e. The molecule has 0 aliphatic rings. The van der Waals surface area contributed by atoms with Gasteiger partial charge in [-0.2, -0.15) is 5.10 Å². The van der Waals surface area contributed by atoms with Gasteiger partial charge in [-0.05, 0) is 18.6 Å². The Bertz CT molecular complexity index is 966. The number of para-hydroxylation sites is 1. The van der Waals surface area contributed by atoms with Gasteiger partial charge in [-0.25, -0.2) is 9.67 Å². The number of aromatic amines is 1. The van der Waals surface area contributed by atoms with Crippen LogP contribution in [0.15, 0.2) is 40.4 Å². The molecule has 0 spiro atoms. The largest absolute Gasteiger partial charge is 0.394 e. The Morgan fingerprint density at radius 1 is 1.40 bits per heavy atom. The fourth-order valence-electron chi connectivity index (χ4n) is 2.31. The molecule has 0 aliphatic carbocycles. The first kappa shape index (κ1) is 17.2. The van der Waals surface area contributed by atoms with Crippen molar-refractivity contribution in [2.45, 2.75) is 18.6 Å². The van der Waals surface area contributed by atoms with Gasteiger partial charge in [0.05, 0.1) is 25.1 Å². The summed E-state index contributed by atoms with van der Waals surface area (Å²) in [5.74, 6) is -0.0809. The predicted molar refractivity (Wildman–Crippen MR) is 95.8 cm³/mol. The van der Waals surface area contributed by atoms with Gasteiger partial charge in [0.2, 0.25) is 5.91 Å². The van der Waals surface area contributed by atoms with Crippen molar-refractivity contribution in [3.8, 4) is 0 Å². The molecular formula is C16H17N5O3S. The van der Waals surface area contributed by atoms with Gasteiger partial charge in [-0.15, -0.1) is 0 Å². The third-order valence-electron chi connectivity index (χ3n) is 3.56. The van der Waals surface area contributed by atoms with Gasteiger partial charge in [0.1, 0.15) is 5.39 Å². The topological polar surface area (TPSA) is 113 Å². The minimum absolute atomic E-state index is 0.105. The fourth-order valence-corrected chi connectivity index (χ4v) is 2.96. The molecule has 3 aromatic rings. The molecule has 0 fully saturated rings. The molecule has 1 amide bonds. The van der Waals surface area contributed by atoms with E-state index < -0.39 is 0 Å². The summed E-state index contributed by atoms with van der Waals surface area (Å²) >= 11 is 1.13. The number of amides is 1. The molecule has 130 valence electrons. The lowest BCUT2D eigenvalue weighted by atomic mass is 10.2. The number of hydrogen-bond donors (Lipinski definition) is 3. The lowest BCUT2D eigenvalue weighted by Crippen LogP contribution is -2.16. The van der Waals surface area contributed by atoms with Gasteiger partial charge >= 0.3 is 0 Å². The van der Waals surface area contributed by atoms with E-state index in [2.05, 4.69) is 20.4 Å². The second kappa shape index (κ2) is 7.49. The Kier molecular flexibility index (Phi) is 5.15. The van der Waals surface area contributed by atoms with Crippen LogP contribution in [0.3, 0.4) is 0 Å². The summed E-state index contributed by atoms with van der Waals surface area (Å²) in [7, 11) is 0. The Labute approximate surface area is 147 Å². The quantitative estimate of drug-likeness (QED) is 0.449. The number of aromatic nitrogens is 4. The minimum Gasteiger partial charge on any atom is -0.394 e. The molecule has 2 heterocycles. The maximum atomic E-state index is 12.1. The Morgan fingerprint density at radius 3 is 2.96 bits per heavy atom. The summed E-state index contributed by atoms with van der Waals surface area (Å²) in [4.78, 5) is 31.1. The number of H-pyrrole nitrogens is 1. The number of hydrogen-bond acceptors (Lipinski definition) is 6. The third kappa shape index (κ3) is 3.89. The molecule has 1 aromatic carbocycles. The number of nitrogens with zero attached hydrogens (tertiary/aromatic N) is 3. The molecule has 25 heavy (non-hydrogen) atoms. The zero-order valence-electron chi connectivity index (χ0n) is 13.5. The molecule has 3 N–H and O–H groups in total. The van der Waals surface area contributed by atoms with Crippen LogP contribution in [-0.4, -0.2) is 43.1 Å². The van der Waals surface area contributed by atoms with E-state index in [1.54, 1.807) is 0 Å². The van der Waals surface area contributed by atoms with Gasteiger partial charge in [0.25, 0.3) is 5.56 Å². The van der Waals surface area contributed by atoms with Crippen LogP contribution in [0.5, 0.6) is 0 Å². The molecule has 2 aromatic heterocycles. The standard InChI is InChI=1S/C16H17N5O3S/c1-10-4-2-3-5-12(10)18-13(23)9-25-16-19-14-11(15(24)20-16)8-17-21(14)6-7-22/h2-5,8,22H,6-7,9H2,1H3,(H,18,23)(H,19,20,24). The predicted octanol–water partition coefficient (Wildman–Crippen LogP) is 1.15. The summed E-state index contributed by atoms with van der Waals surface area (Å²) < 4.78 is 1.46. The number of aliphatic hydroxyl groups is 1. The number of anilines is 1. The van der Waals surface area contributed by atoms with E-state index in [1.807, 2.05) is 31.2 Å². The Balaban J connectivity index is 1.72. The molecule has 0 aliphatic heterocycles. The van der Waals surface area contributed by atoms with Crippen LogP contribution in [-0.2, 0) is 11.3 Å². The highest BCUT2D eigenvalue weighted by Crippen LogP contribution is 2.17. The molecule has 0 saturated carbocycles. The summed E-state index contributed by atoms with van der Waals surface area (Å²) in [5, 5.41) is 16.6. The smallest absolute Gasteiger partial charge is 0.262 e. The highest BCUT2D eigenvalue weighted by atomic mass is 32.2. The highest BCUT2D eigenvalue weighted by Gasteiger charge is 2.12. The lowest BCUT2D eigenvalue weighted by Gasteiger charge is -2.07. The van der Waals surface area contributed by atoms with Crippen LogP contribution in [0.4, 0.5) is 5.69 Å². The first-order chi connectivity index (χ1) is 12.1. The number of rotatable bonds is 6. The molecule has 8 nitrogen and oxygen atoms in total. The SMILES string of the molecule is Cc1ccccc1NC(=O)CSc1nc2c(cnn2CCO)c(=O)[nH]1. The summed E-state index contributed by atoms with van der Waals surface area (Å²) in [6.07, 6.45) is 1.41. The maximum absolute atomic E-state index is 12.1. The molecule has 0 atom stereocenters. The zero-order valence-corrected chi connectivity index (χ0v) is 14.3.